The molecule has 0 saturated heterocycles. The van der Waals surface area contributed by atoms with Gasteiger partial charge in [0.2, 0.25) is 0 Å². The van der Waals surface area contributed by atoms with E-state index >= 15 is 0 Å². The van der Waals surface area contributed by atoms with Crippen LogP contribution >= 0.6 is 0 Å². The summed E-state index contributed by atoms with van der Waals surface area (Å²) in [6.07, 6.45) is 1.40. The fourth-order valence-corrected chi connectivity index (χ4v) is 3.61. The molecule has 140 valence electrons. The summed E-state index contributed by atoms with van der Waals surface area (Å²) in [6, 6.07) is 15.1. The van der Waals surface area contributed by atoms with Gasteiger partial charge in [0.15, 0.2) is 0 Å². The number of benzene rings is 2. The Bertz CT molecular complexity index is 815. The van der Waals surface area contributed by atoms with Crippen molar-refractivity contribution >= 4 is 12.1 Å². The van der Waals surface area contributed by atoms with Gasteiger partial charge >= 0.3 is 12.1 Å². The lowest BCUT2D eigenvalue weighted by molar-refractivity contribution is -0.140. The molecule has 0 radical (unpaired) electrons. The number of fused-ring (bicyclic) bond motifs is 3. The smallest absolute Gasteiger partial charge is 0.407 e. The van der Waals surface area contributed by atoms with Crippen molar-refractivity contribution in [2.75, 3.05) is 6.61 Å². The molecule has 0 bridgehead atoms. The first-order valence-electron chi connectivity index (χ1n) is 8.98. The second-order valence-corrected chi connectivity index (χ2v) is 6.79. The van der Waals surface area contributed by atoms with E-state index in [-0.39, 0.29) is 18.4 Å². The van der Waals surface area contributed by atoms with Gasteiger partial charge in [-0.15, -0.1) is 6.58 Å². The van der Waals surface area contributed by atoms with Gasteiger partial charge in [0, 0.05) is 5.92 Å². The fraction of sp³-hybridized carbons (Fsp3) is 0.273. The van der Waals surface area contributed by atoms with Crippen LogP contribution in [0.2, 0.25) is 0 Å². The van der Waals surface area contributed by atoms with E-state index in [0.717, 1.165) is 22.3 Å². The van der Waals surface area contributed by atoms with Crippen molar-refractivity contribution in [2.45, 2.75) is 25.3 Å². The molecular formula is C22H23NO4. The number of aliphatic carboxylic acids is 1. The van der Waals surface area contributed by atoms with E-state index in [4.69, 9.17) is 4.74 Å². The summed E-state index contributed by atoms with van der Waals surface area (Å²) >= 11 is 0. The predicted molar refractivity (Wildman–Crippen MR) is 104 cm³/mol. The van der Waals surface area contributed by atoms with Crippen molar-refractivity contribution in [1.29, 1.82) is 0 Å². The Hall–Kier alpha value is -3.08. The van der Waals surface area contributed by atoms with Gasteiger partial charge in [0.1, 0.15) is 12.6 Å². The first-order chi connectivity index (χ1) is 13.0. The first-order valence-corrected chi connectivity index (χ1v) is 8.98. The number of hydrogen-bond donors (Lipinski definition) is 2. The minimum Gasteiger partial charge on any atom is -0.480 e. The summed E-state index contributed by atoms with van der Waals surface area (Å²) in [5.41, 5.74) is 4.51. The average Bonchev–Trinajstić information content (AvgIpc) is 2.98. The lowest BCUT2D eigenvalue weighted by Gasteiger charge is -2.21. The molecule has 0 heterocycles. The zero-order chi connectivity index (χ0) is 19.4. The van der Waals surface area contributed by atoms with Gasteiger partial charge in [-0.05, 0) is 34.6 Å². The molecule has 2 N–H and O–H groups in total. The molecule has 3 rings (SSSR count). The highest BCUT2D eigenvalue weighted by atomic mass is 16.5. The minimum atomic E-state index is -1.09. The van der Waals surface area contributed by atoms with Crippen LogP contribution in [0.4, 0.5) is 4.79 Å². The molecule has 0 spiro atoms. The molecule has 27 heavy (non-hydrogen) atoms. The largest absolute Gasteiger partial charge is 0.480 e. The van der Waals surface area contributed by atoms with E-state index < -0.39 is 18.1 Å². The molecule has 0 saturated carbocycles. The summed E-state index contributed by atoms with van der Waals surface area (Å²) in [5, 5.41) is 11.8. The van der Waals surface area contributed by atoms with E-state index in [0.29, 0.717) is 6.42 Å². The fourth-order valence-electron chi connectivity index (χ4n) is 3.61. The van der Waals surface area contributed by atoms with Gasteiger partial charge in [0.05, 0.1) is 0 Å². The van der Waals surface area contributed by atoms with E-state index in [9.17, 15) is 14.7 Å². The molecule has 1 amide bonds. The molecule has 0 aromatic heterocycles. The van der Waals surface area contributed by atoms with Crippen LogP contribution < -0.4 is 5.32 Å². The number of nitrogens with one attached hydrogen (secondary N) is 1. The Morgan fingerprint density at radius 3 is 2.22 bits per heavy atom. The van der Waals surface area contributed by atoms with Gasteiger partial charge < -0.3 is 15.2 Å². The van der Waals surface area contributed by atoms with Crippen LogP contribution in [0.5, 0.6) is 0 Å². The van der Waals surface area contributed by atoms with Crippen LogP contribution in [-0.4, -0.2) is 29.8 Å². The predicted octanol–water partition coefficient (Wildman–Crippen LogP) is 4.19. The molecule has 5 heteroatoms. The minimum absolute atomic E-state index is 0.0583. The van der Waals surface area contributed by atoms with Crippen LogP contribution in [0.25, 0.3) is 11.1 Å². The Labute approximate surface area is 158 Å². The van der Waals surface area contributed by atoms with Crippen molar-refractivity contribution in [1.82, 2.24) is 5.32 Å². The number of alkyl carbamates (subject to hydrolysis) is 1. The van der Waals surface area contributed by atoms with Crippen molar-refractivity contribution in [3.63, 3.8) is 0 Å². The second kappa shape index (κ2) is 8.08. The van der Waals surface area contributed by atoms with Gasteiger partial charge in [-0.1, -0.05) is 61.5 Å². The average molecular weight is 365 g/mol. The van der Waals surface area contributed by atoms with Crippen molar-refractivity contribution in [3.8, 4) is 11.1 Å². The quantitative estimate of drug-likeness (QED) is 0.722. The maximum absolute atomic E-state index is 12.2. The number of carboxylic acids is 1. The molecule has 2 unspecified atom stereocenters. The first kappa shape index (κ1) is 18.7. The maximum atomic E-state index is 12.2. The van der Waals surface area contributed by atoms with E-state index in [2.05, 4.69) is 24.0 Å². The Morgan fingerprint density at radius 1 is 1.15 bits per heavy atom. The highest BCUT2D eigenvalue weighted by Crippen LogP contribution is 2.44. The zero-order valence-corrected chi connectivity index (χ0v) is 15.2. The number of hydrogen-bond acceptors (Lipinski definition) is 3. The monoisotopic (exact) mass is 365 g/mol. The summed E-state index contributed by atoms with van der Waals surface area (Å²) in [6.45, 7) is 5.52. The lowest BCUT2D eigenvalue weighted by atomic mass is 9.98. The van der Waals surface area contributed by atoms with Crippen molar-refractivity contribution in [3.05, 3.63) is 72.3 Å². The number of allylic oxidation sites excluding steroid dienone is 1. The lowest BCUT2D eigenvalue weighted by Crippen LogP contribution is -2.45. The molecule has 1 aliphatic rings. The van der Waals surface area contributed by atoms with Crippen molar-refractivity contribution < 1.29 is 19.4 Å². The molecule has 2 aromatic rings. The third-order valence-electron chi connectivity index (χ3n) is 4.99. The summed E-state index contributed by atoms with van der Waals surface area (Å²) < 4.78 is 5.41. The van der Waals surface area contributed by atoms with Crippen LogP contribution in [-0.2, 0) is 9.53 Å². The van der Waals surface area contributed by atoms with Gasteiger partial charge in [-0.2, -0.15) is 0 Å². The Morgan fingerprint density at radius 2 is 1.70 bits per heavy atom. The van der Waals surface area contributed by atoms with Gasteiger partial charge in [0.25, 0.3) is 0 Å². The van der Waals surface area contributed by atoms with Crippen LogP contribution in [0.15, 0.2) is 61.2 Å². The zero-order valence-electron chi connectivity index (χ0n) is 15.2. The molecule has 0 aliphatic heterocycles. The standard InChI is InChI=1S/C22H23NO4/c1-3-8-14(2)20(21(24)25)23-22(26)27-13-19-17-11-6-4-9-15(17)16-10-5-7-12-18(16)19/h3-7,9-12,14,19-20H,1,8,13H2,2H3,(H,23,26)(H,24,25). The number of carboxylic acid groups (broad SMARTS) is 1. The maximum Gasteiger partial charge on any atom is 0.407 e. The summed E-state index contributed by atoms with van der Waals surface area (Å²) in [4.78, 5) is 23.7. The number of carbonyl (C=O) groups excluding carboxylic acids is 1. The highest BCUT2D eigenvalue weighted by molar-refractivity contribution is 5.81. The van der Waals surface area contributed by atoms with Gasteiger partial charge in [-0.3, -0.25) is 0 Å². The van der Waals surface area contributed by atoms with E-state index in [1.165, 1.54) is 0 Å². The third-order valence-corrected chi connectivity index (χ3v) is 4.99. The summed E-state index contributed by atoms with van der Waals surface area (Å²) in [7, 11) is 0. The number of carbonyl (C=O) groups is 2. The Balaban J connectivity index is 1.70. The van der Waals surface area contributed by atoms with Crippen LogP contribution in [0.1, 0.15) is 30.4 Å². The molecule has 1 aliphatic carbocycles. The van der Waals surface area contributed by atoms with Gasteiger partial charge in [-0.25, -0.2) is 9.59 Å². The highest BCUT2D eigenvalue weighted by Gasteiger charge is 2.30. The van der Waals surface area contributed by atoms with Crippen LogP contribution in [0.3, 0.4) is 0 Å². The molecule has 2 atom stereocenters. The normalized spacial score (nSPS) is 14.6. The molecule has 0 fully saturated rings. The second-order valence-electron chi connectivity index (χ2n) is 6.79. The Kier molecular flexibility index (Phi) is 5.60. The SMILES string of the molecule is C=CCC(C)C(NC(=O)OCC1c2ccccc2-c2ccccc21)C(=O)O. The molecule has 2 aromatic carbocycles. The number of rotatable bonds is 7. The van der Waals surface area contributed by atoms with E-state index in [1.54, 1.807) is 13.0 Å². The molecular weight excluding hydrogens is 342 g/mol. The third kappa shape index (κ3) is 3.87. The van der Waals surface area contributed by atoms with Crippen molar-refractivity contribution in [2.24, 2.45) is 5.92 Å². The number of amides is 1. The topological polar surface area (TPSA) is 75.6 Å². The number of ether oxygens (including phenoxy) is 1. The summed E-state index contributed by atoms with van der Waals surface area (Å²) in [5.74, 6) is -1.42. The van der Waals surface area contributed by atoms with E-state index in [1.807, 2.05) is 36.4 Å². The molecule has 5 nitrogen and oxygen atoms in total. The van der Waals surface area contributed by atoms with Crippen LogP contribution in [0, 0.1) is 5.92 Å².